The highest BCUT2D eigenvalue weighted by Gasteiger charge is 2.17. The van der Waals surface area contributed by atoms with Crippen LogP contribution in [0.2, 0.25) is 0 Å². The molecule has 0 spiro atoms. The van der Waals surface area contributed by atoms with Crippen molar-refractivity contribution in [3.63, 3.8) is 0 Å². The van der Waals surface area contributed by atoms with Crippen molar-refractivity contribution >= 4 is 20.1 Å². The zero-order chi connectivity index (χ0) is 19.0. The third kappa shape index (κ3) is 7.65. The van der Waals surface area contributed by atoms with Gasteiger partial charge < -0.3 is 0 Å². The van der Waals surface area contributed by atoms with E-state index in [0.29, 0.717) is 11.1 Å². The molecular weight excluding hydrogens is 374 g/mol. The van der Waals surface area contributed by atoms with E-state index in [2.05, 4.69) is 4.72 Å². The summed E-state index contributed by atoms with van der Waals surface area (Å²) in [5.41, 5.74) is 1.33. The SMILES string of the molecule is CC(CCOS(=O)(=O)Cc1ccccc1)NS(=O)(=O)Cc1ccccc1. The summed E-state index contributed by atoms with van der Waals surface area (Å²) in [5, 5.41) is 0. The summed E-state index contributed by atoms with van der Waals surface area (Å²) in [5.74, 6) is -0.326. The third-order valence-corrected chi connectivity index (χ3v) is 6.27. The van der Waals surface area contributed by atoms with Crippen LogP contribution in [0.15, 0.2) is 60.7 Å². The summed E-state index contributed by atoms with van der Waals surface area (Å²) >= 11 is 0. The van der Waals surface area contributed by atoms with Gasteiger partial charge in [0.15, 0.2) is 0 Å². The molecule has 0 radical (unpaired) electrons. The first-order valence-corrected chi connectivity index (χ1v) is 11.4. The number of nitrogens with one attached hydrogen (secondary N) is 1. The van der Waals surface area contributed by atoms with E-state index < -0.39 is 26.2 Å². The molecule has 2 aromatic rings. The normalized spacial score (nSPS) is 13.4. The predicted molar refractivity (Wildman–Crippen MR) is 101 cm³/mol. The quantitative estimate of drug-likeness (QED) is 0.622. The molecule has 0 aliphatic carbocycles. The Balaban J connectivity index is 1.78. The Hall–Kier alpha value is -1.74. The van der Waals surface area contributed by atoms with Crippen molar-refractivity contribution in [3.05, 3.63) is 71.8 Å². The number of sulfonamides is 1. The molecule has 0 aliphatic heterocycles. The van der Waals surface area contributed by atoms with E-state index in [1.807, 2.05) is 6.07 Å². The van der Waals surface area contributed by atoms with Crippen molar-refractivity contribution in [2.45, 2.75) is 30.9 Å². The van der Waals surface area contributed by atoms with Gasteiger partial charge in [0, 0.05) is 6.04 Å². The van der Waals surface area contributed by atoms with Gasteiger partial charge in [-0.25, -0.2) is 13.1 Å². The summed E-state index contributed by atoms with van der Waals surface area (Å²) in [7, 11) is -7.20. The van der Waals surface area contributed by atoms with Gasteiger partial charge in [-0.2, -0.15) is 8.42 Å². The van der Waals surface area contributed by atoms with E-state index >= 15 is 0 Å². The maximum atomic E-state index is 12.1. The Morgan fingerprint density at radius 3 is 1.88 bits per heavy atom. The Kier molecular flexibility index (Phi) is 7.33. The fourth-order valence-corrected chi connectivity index (χ4v) is 4.85. The highest BCUT2D eigenvalue weighted by Crippen LogP contribution is 2.09. The van der Waals surface area contributed by atoms with E-state index in [1.54, 1.807) is 61.5 Å². The van der Waals surface area contributed by atoms with Crippen LogP contribution in [0.25, 0.3) is 0 Å². The van der Waals surface area contributed by atoms with Gasteiger partial charge in [0.25, 0.3) is 10.1 Å². The lowest BCUT2D eigenvalue weighted by Gasteiger charge is -2.14. The highest BCUT2D eigenvalue weighted by atomic mass is 32.2. The summed E-state index contributed by atoms with van der Waals surface area (Å²) in [6, 6.07) is 17.2. The van der Waals surface area contributed by atoms with Crippen molar-refractivity contribution in [1.82, 2.24) is 4.72 Å². The van der Waals surface area contributed by atoms with Crippen molar-refractivity contribution < 1.29 is 21.0 Å². The van der Waals surface area contributed by atoms with Crippen molar-refractivity contribution in [2.24, 2.45) is 0 Å². The van der Waals surface area contributed by atoms with Gasteiger partial charge in [0.05, 0.1) is 12.4 Å². The average molecular weight is 398 g/mol. The van der Waals surface area contributed by atoms with Gasteiger partial charge in [0.1, 0.15) is 5.75 Å². The van der Waals surface area contributed by atoms with Crippen molar-refractivity contribution in [3.8, 4) is 0 Å². The molecule has 1 N–H and O–H groups in total. The summed E-state index contributed by atoms with van der Waals surface area (Å²) in [6.07, 6.45) is 0.252. The number of hydrogen-bond donors (Lipinski definition) is 1. The van der Waals surface area contributed by atoms with Crippen LogP contribution in [-0.4, -0.2) is 29.5 Å². The van der Waals surface area contributed by atoms with Gasteiger partial charge in [0.2, 0.25) is 10.0 Å². The van der Waals surface area contributed by atoms with Crippen molar-refractivity contribution in [1.29, 1.82) is 0 Å². The van der Waals surface area contributed by atoms with Gasteiger partial charge in [-0.05, 0) is 24.5 Å². The fourth-order valence-electron chi connectivity index (χ4n) is 2.37. The minimum atomic E-state index is -3.70. The molecule has 0 bridgehead atoms. The van der Waals surface area contributed by atoms with E-state index in [1.165, 1.54) is 0 Å². The van der Waals surface area contributed by atoms with E-state index in [-0.39, 0.29) is 24.5 Å². The first-order chi connectivity index (χ1) is 12.3. The van der Waals surface area contributed by atoms with Crippen LogP contribution in [0.3, 0.4) is 0 Å². The molecule has 0 aromatic heterocycles. The number of rotatable bonds is 10. The molecular formula is C18H23NO5S2. The lowest BCUT2D eigenvalue weighted by Crippen LogP contribution is -2.34. The van der Waals surface area contributed by atoms with Crippen molar-refractivity contribution in [2.75, 3.05) is 6.61 Å². The molecule has 1 atom stereocenters. The topological polar surface area (TPSA) is 89.5 Å². The van der Waals surface area contributed by atoms with Crippen LogP contribution in [0.1, 0.15) is 24.5 Å². The molecule has 2 aromatic carbocycles. The smallest absolute Gasteiger partial charge is 0.270 e. The molecule has 0 heterocycles. The standard InChI is InChI=1S/C18H23NO5S2/c1-16(19-25(20,21)14-17-8-4-2-5-9-17)12-13-24-26(22,23)15-18-10-6-3-7-11-18/h2-11,16,19H,12-15H2,1H3. The number of benzene rings is 2. The second-order valence-corrected chi connectivity index (χ2v) is 9.46. The Morgan fingerprint density at radius 1 is 0.846 bits per heavy atom. The minimum absolute atomic E-state index is 0.0792. The molecule has 0 saturated carbocycles. The fraction of sp³-hybridized carbons (Fsp3) is 0.333. The van der Waals surface area contributed by atoms with Crippen LogP contribution in [0.5, 0.6) is 0 Å². The van der Waals surface area contributed by atoms with E-state index in [0.717, 1.165) is 0 Å². The summed E-state index contributed by atoms with van der Waals surface area (Å²) < 4.78 is 55.7. The number of hydrogen-bond acceptors (Lipinski definition) is 5. The zero-order valence-corrected chi connectivity index (χ0v) is 16.2. The van der Waals surface area contributed by atoms with Gasteiger partial charge in [-0.1, -0.05) is 60.7 Å². The highest BCUT2D eigenvalue weighted by molar-refractivity contribution is 7.88. The Bertz CT molecular complexity index is 882. The van der Waals surface area contributed by atoms with Crippen LogP contribution in [0.4, 0.5) is 0 Å². The summed E-state index contributed by atoms with van der Waals surface area (Å²) in [6.45, 7) is 1.60. The monoisotopic (exact) mass is 397 g/mol. The first-order valence-electron chi connectivity index (χ1n) is 8.21. The average Bonchev–Trinajstić information content (AvgIpc) is 2.55. The third-order valence-electron chi connectivity index (χ3n) is 3.58. The maximum Gasteiger partial charge on any atom is 0.271 e. The van der Waals surface area contributed by atoms with Crippen LogP contribution in [-0.2, 0) is 35.8 Å². The molecule has 1 unspecified atom stereocenters. The van der Waals surface area contributed by atoms with Crippen LogP contribution in [0, 0.1) is 0 Å². The van der Waals surface area contributed by atoms with Gasteiger partial charge in [-0.3, -0.25) is 4.18 Å². The van der Waals surface area contributed by atoms with Gasteiger partial charge in [-0.15, -0.1) is 0 Å². The Morgan fingerprint density at radius 2 is 1.35 bits per heavy atom. The summed E-state index contributed by atoms with van der Waals surface area (Å²) in [4.78, 5) is 0. The second-order valence-electron chi connectivity index (χ2n) is 6.06. The lowest BCUT2D eigenvalue weighted by atomic mass is 10.2. The maximum absolute atomic E-state index is 12.1. The predicted octanol–water partition coefficient (Wildman–Crippen LogP) is 2.43. The lowest BCUT2D eigenvalue weighted by molar-refractivity contribution is 0.299. The Labute approximate surface area is 155 Å². The zero-order valence-electron chi connectivity index (χ0n) is 14.5. The van der Waals surface area contributed by atoms with Gasteiger partial charge >= 0.3 is 0 Å². The van der Waals surface area contributed by atoms with E-state index in [9.17, 15) is 16.8 Å². The van der Waals surface area contributed by atoms with Crippen LogP contribution < -0.4 is 4.72 Å². The molecule has 142 valence electrons. The molecule has 0 amide bonds. The second kappa shape index (κ2) is 9.27. The molecule has 0 aliphatic rings. The first kappa shape index (κ1) is 20.6. The molecule has 26 heavy (non-hydrogen) atoms. The molecule has 6 nitrogen and oxygen atoms in total. The van der Waals surface area contributed by atoms with E-state index in [4.69, 9.17) is 4.18 Å². The molecule has 2 rings (SSSR count). The molecule has 0 fully saturated rings. The molecule has 8 heteroatoms. The minimum Gasteiger partial charge on any atom is -0.270 e. The van der Waals surface area contributed by atoms with Crippen LogP contribution >= 0.6 is 0 Å². The largest absolute Gasteiger partial charge is 0.271 e. The molecule has 0 saturated heterocycles.